The number of amides is 1. The van der Waals surface area contributed by atoms with E-state index in [1.807, 2.05) is 96.0 Å². The number of fused-ring (bicyclic) bond motifs is 1. The summed E-state index contributed by atoms with van der Waals surface area (Å²) in [4.78, 5) is 16.6. The normalized spacial score (nSPS) is 10.8. The van der Waals surface area contributed by atoms with E-state index in [2.05, 4.69) is 39.2 Å². The Balaban J connectivity index is 1.36. The summed E-state index contributed by atoms with van der Waals surface area (Å²) in [6.07, 6.45) is 0. The first-order chi connectivity index (χ1) is 16.8. The lowest BCUT2D eigenvalue weighted by Gasteiger charge is -2.25. The molecule has 0 fully saturated rings. The van der Waals surface area contributed by atoms with Crippen LogP contribution in [0.25, 0.3) is 11.0 Å². The van der Waals surface area contributed by atoms with Gasteiger partial charge in [-0.1, -0.05) is 78.9 Å². The molecule has 1 heterocycles. The predicted molar refractivity (Wildman–Crippen MR) is 138 cm³/mol. The molecule has 0 saturated heterocycles. The van der Waals surface area contributed by atoms with E-state index >= 15 is 0 Å². The Bertz CT molecular complexity index is 1330. The molecule has 4 aromatic carbocycles. The van der Waals surface area contributed by atoms with Crippen molar-refractivity contribution < 1.29 is 9.36 Å². The first kappa shape index (κ1) is 21.8. The molecule has 5 nitrogen and oxygen atoms in total. The minimum Gasteiger partial charge on any atom is -0.272 e. The van der Waals surface area contributed by atoms with Crippen LogP contribution in [-0.4, -0.2) is 16.6 Å². The molecule has 1 aromatic heterocycles. The molecule has 5 aromatic rings. The number of aromatic nitrogens is 2. The third-order valence-corrected chi connectivity index (χ3v) is 6.47. The van der Waals surface area contributed by atoms with E-state index in [4.69, 9.17) is 0 Å². The van der Waals surface area contributed by atoms with Crippen molar-refractivity contribution in [1.29, 1.82) is 0 Å². The number of aromatic amines is 1. The first-order valence-corrected chi connectivity index (χ1v) is 12.1. The number of hydrazine groups is 1. The van der Waals surface area contributed by atoms with Crippen LogP contribution >= 0.6 is 11.8 Å². The van der Waals surface area contributed by atoms with E-state index in [1.54, 1.807) is 0 Å². The van der Waals surface area contributed by atoms with Crippen LogP contribution in [0, 0.1) is 0 Å². The standard InChI is InChI=1S/C28H24N4OS/c33-27(30-32(23-14-6-2-7-15-23)24-16-8-3-9-17-24)21-34-28-29-25-18-10-11-19-26(25)31(28)20-22-12-4-1-5-13-22/h1-19H,20-21H2,(H,30,33)/p+1. The number of rotatable bonds is 8. The van der Waals surface area contributed by atoms with Crippen molar-refractivity contribution in [2.75, 3.05) is 10.8 Å². The highest BCUT2D eigenvalue weighted by atomic mass is 32.2. The van der Waals surface area contributed by atoms with E-state index < -0.39 is 0 Å². The smallest absolute Gasteiger partial charge is 0.272 e. The molecule has 0 spiro atoms. The summed E-state index contributed by atoms with van der Waals surface area (Å²) < 4.78 is 2.23. The van der Waals surface area contributed by atoms with Gasteiger partial charge in [0.05, 0.1) is 17.1 Å². The molecule has 0 aliphatic heterocycles. The molecule has 0 aliphatic carbocycles. The van der Waals surface area contributed by atoms with Crippen molar-refractivity contribution in [2.24, 2.45) is 0 Å². The number of nitrogens with one attached hydrogen (secondary N) is 2. The maximum absolute atomic E-state index is 13.1. The Morgan fingerprint density at radius 3 is 1.97 bits per heavy atom. The third-order valence-electron chi connectivity index (χ3n) is 5.47. The summed E-state index contributed by atoms with van der Waals surface area (Å²) in [5.74, 6) is 0.195. The summed E-state index contributed by atoms with van der Waals surface area (Å²) in [6.45, 7) is 0.731. The van der Waals surface area contributed by atoms with Crippen LogP contribution in [0.15, 0.2) is 120 Å². The van der Waals surface area contributed by atoms with Crippen LogP contribution in [0.1, 0.15) is 5.56 Å². The van der Waals surface area contributed by atoms with Gasteiger partial charge in [0.1, 0.15) is 6.54 Å². The zero-order valence-corrected chi connectivity index (χ0v) is 19.4. The lowest BCUT2D eigenvalue weighted by Crippen LogP contribution is -2.40. The highest BCUT2D eigenvalue weighted by molar-refractivity contribution is 7.99. The zero-order valence-electron chi connectivity index (χ0n) is 18.6. The predicted octanol–water partition coefficient (Wildman–Crippen LogP) is 5.47. The van der Waals surface area contributed by atoms with Gasteiger partial charge in [-0.15, -0.1) is 0 Å². The van der Waals surface area contributed by atoms with E-state index in [1.165, 1.54) is 17.3 Å². The van der Waals surface area contributed by atoms with E-state index in [-0.39, 0.29) is 11.7 Å². The van der Waals surface area contributed by atoms with Crippen molar-refractivity contribution >= 4 is 40.1 Å². The fourth-order valence-corrected chi connectivity index (χ4v) is 4.70. The fraction of sp³-hybridized carbons (Fsp3) is 0.0714. The quantitative estimate of drug-likeness (QED) is 0.182. The van der Waals surface area contributed by atoms with Gasteiger partial charge in [-0.05, 0) is 53.7 Å². The Kier molecular flexibility index (Phi) is 6.59. The average molecular weight is 466 g/mol. The van der Waals surface area contributed by atoms with E-state index in [9.17, 15) is 4.79 Å². The third kappa shape index (κ3) is 4.97. The number of hydrogen-bond acceptors (Lipinski definition) is 3. The van der Waals surface area contributed by atoms with Gasteiger partial charge in [-0.3, -0.25) is 15.2 Å². The molecule has 0 atom stereocenters. The lowest BCUT2D eigenvalue weighted by atomic mass is 10.2. The van der Waals surface area contributed by atoms with Crippen molar-refractivity contribution in [2.45, 2.75) is 11.7 Å². The average Bonchev–Trinajstić information content (AvgIpc) is 3.25. The van der Waals surface area contributed by atoms with Crippen molar-refractivity contribution in [3.8, 4) is 0 Å². The van der Waals surface area contributed by atoms with E-state index in [0.717, 1.165) is 34.1 Å². The molecule has 2 N–H and O–H groups in total. The van der Waals surface area contributed by atoms with Gasteiger partial charge in [0.15, 0.2) is 11.0 Å². The van der Waals surface area contributed by atoms with E-state index in [0.29, 0.717) is 0 Å². The molecule has 0 aliphatic rings. The lowest BCUT2D eigenvalue weighted by molar-refractivity contribution is -0.700. The SMILES string of the molecule is O=C(CSc1[nH]c2ccccc2[n+]1Cc1ccccc1)NN(c1ccccc1)c1ccccc1. The van der Waals surface area contributed by atoms with Crippen LogP contribution < -0.4 is 15.0 Å². The summed E-state index contributed by atoms with van der Waals surface area (Å²) in [6, 6.07) is 38.3. The molecule has 34 heavy (non-hydrogen) atoms. The number of thioether (sulfide) groups is 1. The maximum Gasteiger partial charge on any atom is 0.317 e. The molecule has 5 rings (SSSR count). The largest absolute Gasteiger partial charge is 0.317 e. The molecule has 0 radical (unpaired) electrons. The van der Waals surface area contributed by atoms with Gasteiger partial charge in [0, 0.05) is 0 Å². The van der Waals surface area contributed by atoms with Crippen LogP contribution in [0.2, 0.25) is 0 Å². The zero-order chi connectivity index (χ0) is 23.2. The number of benzene rings is 4. The summed E-state index contributed by atoms with van der Waals surface area (Å²) in [5.41, 5.74) is 8.25. The van der Waals surface area contributed by atoms with Gasteiger partial charge in [0.25, 0.3) is 0 Å². The number of para-hydroxylation sites is 4. The second-order valence-corrected chi connectivity index (χ2v) is 8.81. The number of carbonyl (C=O) groups excluding carboxylic acids is 1. The molecule has 0 bridgehead atoms. The molecule has 6 heteroatoms. The van der Waals surface area contributed by atoms with Gasteiger partial charge >= 0.3 is 5.16 Å². The summed E-state index contributed by atoms with van der Waals surface area (Å²) >= 11 is 1.50. The Hall–Kier alpha value is -4.03. The topological polar surface area (TPSA) is 52.0 Å². The monoisotopic (exact) mass is 465 g/mol. The molecule has 1 amide bonds. The number of hydrogen-bond donors (Lipinski definition) is 2. The summed E-state index contributed by atoms with van der Waals surface area (Å²) in [5, 5.41) is 2.78. The second kappa shape index (κ2) is 10.3. The number of anilines is 2. The Morgan fingerprint density at radius 1 is 0.765 bits per heavy atom. The Labute approximate surface area is 203 Å². The summed E-state index contributed by atoms with van der Waals surface area (Å²) in [7, 11) is 0. The van der Waals surface area contributed by atoms with Crippen LogP contribution in [0.5, 0.6) is 0 Å². The van der Waals surface area contributed by atoms with Crippen molar-refractivity contribution in [3.63, 3.8) is 0 Å². The molecule has 168 valence electrons. The van der Waals surface area contributed by atoms with Gasteiger partial charge < -0.3 is 0 Å². The number of imidazole rings is 1. The highest BCUT2D eigenvalue weighted by Gasteiger charge is 2.21. The molecule has 0 unspecified atom stereocenters. The minimum absolute atomic E-state index is 0.0809. The van der Waals surface area contributed by atoms with Crippen molar-refractivity contribution in [3.05, 3.63) is 121 Å². The molecular weight excluding hydrogens is 440 g/mol. The number of nitrogens with zero attached hydrogens (tertiary/aromatic N) is 2. The fourth-order valence-electron chi connectivity index (χ4n) is 3.87. The minimum atomic E-state index is -0.0809. The number of H-pyrrole nitrogens is 1. The van der Waals surface area contributed by atoms with Gasteiger partial charge in [-0.2, -0.15) is 0 Å². The molecular formula is C28H25N4OS+. The Morgan fingerprint density at radius 2 is 1.32 bits per heavy atom. The highest BCUT2D eigenvalue weighted by Crippen LogP contribution is 2.23. The molecule has 0 saturated carbocycles. The van der Waals surface area contributed by atoms with Crippen LogP contribution in [0.4, 0.5) is 11.4 Å². The first-order valence-electron chi connectivity index (χ1n) is 11.1. The maximum atomic E-state index is 13.1. The van der Waals surface area contributed by atoms with Gasteiger partial charge in [0.2, 0.25) is 5.91 Å². The van der Waals surface area contributed by atoms with Gasteiger partial charge in [-0.25, -0.2) is 9.55 Å². The second-order valence-electron chi connectivity index (χ2n) is 7.85. The number of carbonyl (C=O) groups is 1. The van der Waals surface area contributed by atoms with Crippen LogP contribution in [0.3, 0.4) is 0 Å². The van der Waals surface area contributed by atoms with Crippen molar-refractivity contribution in [1.82, 2.24) is 10.4 Å². The van der Waals surface area contributed by atoms with Crippen LogP contribution in [-0.2, 0) is 11.3 Å².